The van der Waals surface area contributed by atoms with Gasteiger partial charge in [0.05, 0.1) is 6.10 Å². The number of hydrogen-bond acceptors (Lipinski definition) is 3. The molecule has 1 rings (SSSR count). The SMILES string of the molecule is CCNCC(O)CN1C(C)CCCC1C. The number of hydrogen-bond donors (Lipinski definition) is 2. The molecule has 3 nitrogen and oxygen atoms in total. The van der Waals surface area contributed by atoms with E-state index in [0.29, 0.717) is 18.6 Å². The molecule has 90 valence electrons. The topological polar surface area (TPSA) is 35.5 Å². The predicted octanol–water partition coefficient (Wildman–Crippen LogP) is 1.22. The van der Waals surface area contributed by atoms with E-state index in [0.717, 1.165) is 13.1 Å². The lowest BCUT2D eigenvalue weighted by Crippen LogP contribution is -2.49. The van der Waals surface area contributed by atoms with Crippen LogP contribution in [-0.2, 0) is 0 Å². The lowest BCUT2D eigenvalue weighted by Gasteiger charge is -2.40. The molecule has 0 aromatic rings. The Morgan fingerprint density at radius 2 is 1.93 bits per heavy atom. The normalized spacial score (nSPS) is 30.4. The van der Waals surface area contributed by atoms with Crippen molar-refractivity contribution in [1.29, 1.82) is 0 Å². The fourth-order valence-electron chi connectivity index (χ4n) is 2.45. The van der Waals surface area contributed by atoms with E-state index in [2.05, 4.69) is 31.0 Å². The van der Waals surface area contributed by atoms with Gasteiger partial charge < -0.3 is 10.4 Å². The van der Waals surface area contributed by atoms with E-state index in [4.69, 9.17) is 0 Å². The fraction of sp³-hybridized carbons (Fsp3) is 1.00. The Morgan fingerprint density at radius 1 is 1.33 bits per heavy atom. The summed E-state index contributed by atoms with van der Waals surface area (Å²) in [5.41, 5.74) is 0. The van der Waals surface area contributed by atoms with Gasteiger partial charge in [-0.1, -0.05) is 13.3 Å². The highest BCUT2D eigenvalue weighted by molar-refractivity contribution is 4.81. The van der Waals surface area contributed by atoms with Gasteiger partial charge in [-0.15, -0.1) is 0 Å². The molecule has 0 aliphatic carbocycles. The van der Waals surface area contributed by atoms with Crippen molar-refractivity contribution in [2.75, 3.05) is 19.6 Å². The summed E-state index contributed by atoms with van der Waals surface area (Å²) in [5.74, 6) is 0. The Balaban J connectivity index is 2.33. The molecule has 1 saturated heterocycles. The van der Waals surface area contributed by atoms with Gasteiger partial charge >= 0.3 is 0 Å². The third-order valence-corrected chi connectivity index (χ3v) is 3.43. The van der Waals surface area contributed by atoms with E-state index in [1.54, 1.807) is 0 Å². The van der Waals surface area contributed by atoms with Gasteiger partial charge in [-0.25, -0.2) is 0 Å². The van der Waals surface area contributed by atoms with Gasteiger partial charge in [0, 0.05) is 25.2 Å². The molecule has 2 N–H and O–H groups in total. The summed E-state index contributed by atoms with van der Waals surface area (Å²) < 4.78 is 0. The Hall–Kier alpha value is -0.120. The number of aliphatic hydroxyl groups excluding tert-OH is 1. The van der Waals surface area contributed by atoms with E-state index in [9.17, 15) is 5.11 Å². The van der Waals surface area contributed by atoms with Crippen LogP contribution < -0.4 is 5.32 Å². The second-order valence-electron chi connectivity index (χ2n) is 4.79. The van der Waals surface area contributed by atoms with Crippen LogP contribution in [0.15, 0.2) is 0 Å². The van der Waals surface area contributed by atoms with Crippen LogP contribution in [0.25, 0.3) is 0 Å². The number of β-amino-alcohol motifs (C(OH)–C–C–N with tert-alkyl or cyclic N) is 1. The third kappa shape index (κ3) is 4.09. The van der Waals surface area contributed by atoms with Crippen molar-refractivity contribution in [3.05, 3.63) is 0 Å². The molecule has 0 spiro atoms. The second kappa shape index (κ2) is 6.46. The highest BCUT2D eigenvalue weighted by atomic mass is 16.3. The number of nitrogens with zero attached hydrogens (tertiary/aromatic N) is 1. The first-order chi connectivity index (χ1) is 7.15. The van der Waals surface area contributed by atoms with Gasteiger partial charge in [0.15, 0.2) is 0 Å². The molecule has 0 radical (unpaired) electrons. The zero-order valence-corrected chi connectivity index (χ0v) is 10.4. The molecule has 1 fully saturated rings. The summed E-state index contributed by atoms with van der Waals surface area (Å²) in [6, 6.07) is 1.26. The summed E-state index contributed by atoms with van der Waals surface area (Å²) in [5, 5.41) is 13.1. The summed E-state index contributed by atoms with van der Waals surface area (Å²) in [4.78, 5) is 2.45. The minimum absolute atomic E-state index is 0.229. The predicted molar refractivity (Wildman–Crippen MR) is 64.0 cm³/mol. The second-order valence-corrected chi connectivity index (χ2v) is 4.79. The van der Waals surface area contributed by atoms with E-state index < -0.39 is 0 Å². The van der Waals surface area contributed by atoms with Crippen molar-refractivity contribution in [3.8, 4) is 0 Å². The minimum Gasteiger partial charge on any atom is -0.390 e. The van der Waals surface area contributed by atoms with Gasteiger partial charge in [0.2, 0.25) is 0 Å². The average Bonchev–Trinajstić information content (AvgIpc) is 2.21. The molecule has 1 aliphatic heterocycles. The van der Waals surface area contributed by atoms with Crippen LogP contribution in [0.4, 0.5) is 0 Å². The lowest BCUT2D eigenvalue weighted by atomic mass is 9.97. The van der Waals surface area contributed by atoms with Crippen LogP contribution in [0, 0.1) is 0 Å². The molecule has 3 atom stereocenters. The van der Waals surface area contributed by atoms with Crippen LogP contribution in [0.1, 0.15) is 40.0 Å². The maximum atomic E-state index is 9.86. The molecular weight excluding hydrogens is 188 g/mol. The molecule has 3 heteroatoms. The van der Waals surface area contributed by atoms with Crippen LogP contribution in [0.2, 0.25) is 0 Å². The number of rotatable bonds is 5. The molecule has 0 bridgehead atoms. The first-order valence-electron chi connectivity index (χ1n) is 6.29. The molecule has 3 unspecified atom stereocenters. The molecule has 1 heterocycles. The smallest absolute Gasteiger partial charge is 0.0791 e. The van der Waals surface area contributed by atoms with Gasteiger partial charge in [0.1, 0.15) is 0 Å². The molecule has 0 aromatic heterocycles. The molecule has 15 heavy (non-hydrogen) atoms. The Bertz CT molecular complexity index is 165. The highest BCUT2D eigenvalue weighted by Gasteiger charge is 2.25. The van der Waals surface area contributed by atoms with Crippen molar-refractivity contribution < 1.29 is 5.11 Å². The Labute approximate surface area is 93.9 Å². The summed E-state index contributed by atoms with van der Waals surface area (Å²) >= 11 is 0. The molecule has 0 amide bonds. The Kier molecular flexibility index (Phi) is 5.58. The monoisotopic (exact) mass is 214 g/mol. The van der Waals surface area contributed by atoms with E-state index in [-0.39, 0.29) is 6.10 Å². The maximum absolute atomic E-state index is 9.86. The maximum Gasteiger partial charge on any atom is 0.0791 e. The van der Waals surface area contributed by atoms with E-state index >= 15 is 0 Å². The van der Waals surface area contributed by atoms with Crippen molar-refractivity contribution in [1.82, 2.24) is 10.2 Å². The number of aliphatic hydroxyl groups is 1. The van der Waals surface area contributed by atoms with Crippen LogP contribution >= 0.6 is 0 Å². The third-order valence-electron chi connectivity index (χ3n) is 3.43. The standard InChI is InChI=1S/C12H26N2O/c1-4-13-8-12(15)9-14-10(2)6-5-7-11(14)3/h10-13,15H,4-9H2,1-3H3. The van der Waals surface area contributed by atoms with Crippen molar-refractivity contribution in [3.63, 3.8) is 0 Å². The van der Waals surface area contributed by atoms with E-state index in [1.807, 2.05) is 0 Å². The van der Waals surface area contributed by atoms with Crippen molar-refractivity contribution >= 4 is 0 Å². The number of nitrogens with one attached hydrogen (secondary N) is 1. The lowest BCUT2D eigenvalue weighted by molar-refractivity contribution is 0.0420. The zero-order valence-electron chi connectivity index (χ0n) is 10.4. The average molecular weight is 214 g/mol. The first kappa shape index (κ1) is 12.9. The molecule has 1 aliphatic rings. The molecular formula is C12H26N2O. The van der Waals surface area contributed by atoms with Crippen molar-refractivity contribution in [2.24, 2.45) is 0 Å². The number of piperidine rings is 1. The van der Waals surface area contributed by atoms with Gasteiger partial charge in [0.25, 0.3) is 0 Å². The van der Waals surface area contributed by atoms with Gasteiger partial charge in [-0.2, -0.15) is 0 Å². The number of likely N-dealkylation sites (tertiary alicyclic amines) is 1. The minimum atomic E-state index is -0.229. The molecule has 0 aromatic carbocycles. The fourth-order valence-corrected chi connectivity index (χ4v) is 2.45. The van der Waals surface area contributed by atoms with Crippen LogP contribution in [0.3, 0.4) is 0 Å². The Morgan fingerprint density at radius 3 is 2.47 bits per heavy atom. The number of likely N-dealkylation sites (N-methyl/N-ethyl adjacent to an activating group) is 1. The quantitative estimate of drug-likeness (QED) is 0.722. The first-order valence-corrected chi connectivity index (χ1v) is 6.29. The highest BCUT2D eigenvalue weighted by Crippen LogP contribution is 2.22. The summed E-state index contributed by atoms with van der Waals surface area (Å²) in [6.07, 6.45) is 3.66. The largest absolute Gasteiger partial charge is 0.390 e. The molecule has 0 saturated carbocycles. The van der Waals surface area contributed by atoms with Crippen molar-refractivity contribution in [2.45, 2.75) is 58.2 Å². The van der Waals surface area contributed by atoms with Crippen LogP contribution in [-0.4, -0.2) is 47.8 Å². The summed E-state index contributed by atoms with van der Waals surface area (Å²) in [7, 11) is 0. The van der Waals surface area contributed by atoms with E-state index in [1.165, 1.54) is 19.3 Å². The zero-order chi connectivity index (χ0) is 11.3. The van der Waals surface area contributed by atoms with Gasteiger partial charge in [-0.3, -0.25) is 4.90 Å². The summed E-state index contributed by atoms with van der Waals surface area (Å²) in [6.45, 7) is 9.08. The van der Waals surface area contributed by atoms with Crippen LogP contribution in [0.5, 0.6) is 0 Å². The van der Waals surface area contributed by atoms with Gasteiger partial charge in [-0.05, 0) is 33.2 Å².